The molecule has 3 heterocycles. The van der Waals surface area contributed by atoms with Crippen LogP contribution < -0.4 is 16.0 Å². The lowest BCUT2D eigenvalue weighted by molar-refractivity contribution is 0.587. The van der Waals surface area contributed by atoms with Crippen molar-refractivity contribution in [2.45, 2.75) is 6.92 Å². The lowest BCUT2D eigenvalue weighted by atomic mass is 10.2. The first-order chi connectivity index (χ1) is 8.24. The van der Waals surface area contributed by atoms with Gasteiger partial charge in [0.1, 0.15) is 0 Å². The van der Waals surface area contributed by atoms with Crippen molar-refractivity contribution in [3.8, 4) is 0 Å². The van der Waals surface area contributed by atoms with Gasteiger partial charge in [0.05, 0.1) is 11.9 Å². The zero-order valence-corrected chi connectivity index (χ0v) is 9.85. The summed E-state index contributed by atoms with van der Waals surface area (Å²) in [7, 11) is 0. The summed E-state index contributed by atoms with van der Waals surface area (Å²) in [6.45, 7) is 6.20. The maximum atomic E-state index is 5.60. The molecule has 6 heteroatoms. The summed E-state index contributed by atoms with van der Waals surface area (Å²) < 4.78 is 1.75. The van der Waals surface area contributed by atoms with Crippen molar-refractivity contribution in [2.75, 3.05) is 36.8 Å². The molecule has 90 valence electrons. The van der Waals surface area contributed by atoms with Crippen LogP contribution in [-0.4, -0.2) is 40.8 Å². The Bertz CT molecular complexity index is 540. The fraction of sp³-hybridized carbons (Fsp3) is 0.455. The summed E-state index contributed by atoms with van der Waals surface area (Å²) >= 11 is 0. The van der Waals surface area contributed by atoms with Crippen molar-refractivity contribution in [3.63, 3.8) is 0 Å². The van der Waals surface area contributed by atoms with E-state index in [1.165, 1.54) is 11.3 Å². The van der Waals surface area contributed by atoms with Gasteiger partial charge >= 0.3 is 0 Å². The maximum Gasteiger partial charge on any atom is 0.240 e. The summed E-state index contributed by atoms with van der Waals surface area (Å²) in [4.78, 5) is 6.52. The van der Waals surface area contributed by atoms with Crippen LogP contribution in [0.4, 0.5) is 11.6 Å². The zero-order valence-electron chi connectivity index (χ0n) is 9.85. The van der Waals surface area contributed by atoms with Gasteiger partial charge in [-0.15, -0.1) is 5.10 Å². The first-order valence-corrected chi connectivity index (χ1v) is 5.82. The van der Waals surface area contributed by atoms with E-state index in [0.717, 1.165) is 31.8 Å². The van der Waals surface area contributed by atoms with Gasteiger partial charge in [0.2, 0.25) is 5.95 Å². The molecule has 0 amide bonds. The number of hydrogen-bond donors (Lipinski definition) is 2. The molecule has 17 heavy (non-hydrogen) atoms. The number of rotatable bonds is 1. The van der Waals surface area contributed by atoms with Gasteiger partial charge in [-0.1, -0.05) is 0 Å². The molecule has 1 aliphatic heterocycles. The summed E-state index contributed by atoms with van der Waals surface area (Å²) in [5.74, 6) is 0.321. The van der Waals surface area contributed by atoms with Crippen LogP contribution in [0.3, 0.4) is 0 Å². The van der Waals surface area contributed by atoms with Crippen LogP contribution in [-0.2, 0) is 0 Å². The van der Waals surface area contributed by atoms with E-state index in [1.54, 1.807) is 4.52 Å². The number of nitrogens with zero attached hydrogens (tertiary/aromatic N) is 4. The van der Waals surface area contributed by atoms with Gasteiger partial charge in [0, 0.05) is 26.2 Å². The topological polar surface area (TPSA) is 71.5 Å². The Kier molecular flexibility index (Phi) is 2.36. The maximum absolute atomic E-state index is 5.60. The molecule has 0 saturated carbocycles. The van der Waals surface area contributed by atoms with Gasteiger partial charge in [-0.05, 0) is 18.6 Å². The van der Waals surface area contributed by atoms with E-state index in [1.807, 2.05) is 12.3 Å². The number of nitrogen functional groups attached to an aromatic ring is 1. The van der Waals surface area contributed by atoms with Gasteiger partial charge in [0.15, 0.2) is 5.65 Å². The van der Waals surface area contributed by atoms with Crippen LogP contribution in [0.15, 0.2) is 12.3 Å². The highest BCUT2D eigenvalue weighted by atomic mass is 15.3. The number of nitrogens with two attached hydrogens (primary N) is 1. The summed E-state index contributed by atoms with van der Waals surface area (Å²) in [5.41, 5.74) is 8.83. The van der Waals surface area contributed by atoms with E-state index in [2.05, 4.69) is 27.2 Å². The van der Waals surface area contributed by atoms with Crippen LogP contribution in [0.25, 0.3) is 5.65 Å². The lowest BCUT2D eigenvalue weighted by Crippen LogP contribution is -2.43. The van der Waals surface area contributed by atoms with Crippen LogP contribution in [0.2, 0.25) is 0 Å². The third-order valence-corrected chi connectivity index (χ3v) is 3.13. The molecule has 1 aliphatic rings. The molecule has 1 saturated heterocycles. The van der Waals surface area contributed by atoms with Crippen molar-refractivity contribution < 1.29 is 0 Å². The van der Waals surface area contributed by atoms with E-state index in [9.17, 15) is 0 Å². The van der Waals surface area contributed by atoms with E-state index in [4.69, 9.17) is 5.73 Å². The Hall–Kier alpha value is -1.82. The molecule has 0 bridgehead atoms. The highest BCUT2D eigenvalue weighted by Gasteiger charge is 2.14. The van der Waals surface area contributed by atoms with Crippen molar-refractivity contribution in [1.82, 2.24) is 19.9 Å². The molecule has 2 aromatic heterocycles. The van der Waals surface area contributed by atoms with E-state index in [-0.39, 0.29) is 0 Å². The van der Waals surface area contributed by atoms with E-state index < -0.39 is 0 Å². The SMILES string of the molecule is Cc1cc2nc(N)nn2cc1N1CCNCC1. The normalized spacial score (nSPS) is 16.6. The number of aromatic nitrogens is 3. The Morgan fingerprint density at radius 2 is 2.12 bits per heavy atom. The second-order valence-corrected chi connectivity index (χ2v) is 4.35. The molecule has 0 unspecified atom stereocenters. The number of pyridine rings is 1. The third-order valence-electron chi connectivity index (χ3n) is 3.13. The van der Waals surface area contributed by atoms with Crippen molar-refractivity contribution in [1.29, 1.82) is 0 Å². The fourth-order valence-electron chi connectivity index (χ4n) is 2.27. The number of anilines is 2. The van der Waals surface area contributed by atoms with E-state index >= 15 is 0 Å². The molecule has 0 radical (unpaired) electrons. The molecule has 0 spiro atoms. The van der Waals surface area contributed by atoms with Crippen molar-refractivity contribution in [2.24, 2.45) is 0 Å². The number of nitrogens with one attached hydrogen (secondary N) is 1. The predicted octanol–water partition coefficient (Wildman–Crippen LogP) is 0.0295. The van der Waals surface area contributed by atoms with Gasteiger partial charge in [0.25, 0.3) is 0 Å². The number of aryl methyl sites for hydroxylation is 1. The van der Waals surface area contributed by atoms with Gasteiger partial charge in [-0.3, -0.25) is 0 Å². The van der Waals surface area contributed by atoms with Crippen molar-refractivity contribution >= 4 is 17.3 Å². The molecule has 0 aromatic carbocycles. The third kappa shape index (κ3) is 1.80. The van der Waals surface area contributed by atoms with Crippen LogP contribution in [0, 0.1) is 6.92 Å². The Morgan fingerprint density at radius 3 is 2.88 bits per heavy atom. The van der Waals surface area contributed by atoms with Crippen LogP contribution >= 0.6 is 0 Å². The molecule has 3 N–H and O–H groups in total. The molecule has 1 fully saturated rings. The smallest absolute Gasteiger partial charge is 0.240 e. The van der Waals surface area contributed by atoms with E-state index in [0.29, 0.717) is 5.95 Å². The van der Waals surface area contributed by atoms with Crippen LogP contribution in [0.1, 0.15) is 5.56 Å². The largest absolute Gasteiger partial charge is 0.368 e. The minimum atomic E-state index is 0.321. The molecule has 0 aliphatic carbocycles. The van der Waals surface area contributed by atoms with Crippen LogP contribution in [0.5, 0.6) is 0 Å². The Labute approximate surface area is 99.4 Å². The van der Waals surface area contributed by atoms with Gasteiger partial charge in [-0.25, -0.2) is 4.52 Å². The summed E-state index contributed by atoms with van der Waals surface area (Å²) in [6.07, 6.45) is 2.01. The zero-order chi connectivity index (χ0) is 11.8. The average Bonchev–Trinajstić information content (AvgIpc) is 2.68. The quantitative estimate of drug-likeness (QED) is 0.726. The van der Waals surface area contributed by atoms with Gasteiger partial charge < -0.3 is 16.0 Å². The molecule has 2 aromatic rings. The second kappa shape index (κ2) is 3.89. The molecule has 3 rings (SSSR count). The highest BCUT2D eigenvalue weighted by Crippen LogP contribution is 2.21. The monoisotopic (exact) mass is 232 g/mol. The second-order valence-electron chi connectivity index (χ2n) is 4.35. The minimum Gasteiger partial charge on any atom is -0.368 e. The van der Waals surface area contributed by atoms with Gasteiger partial charge in [-0.2, -0.15) is 4.98 Å². The first kappa shape index (κ1) is 10.3. The Balaban J connectivity index is 2.05. The standard InChI is InChI=1S/C11H16N6/c1-8-6-10-14-11(12)15-17(10)7-9(8)16-4-2-13-3-5-16/h6-7,13H,2-5H2,1H3,(H2,12,15). The fourth-order valence-corrected chi connectivity index (χ4v) is 2.27. The molecular formula is C11H16N6. The molecular weight excluding hydrogens is 216 g/mol. The van der Waals surface area contributed by atoms with Crippen molar-refractivity contribution in [3.05, 3.63) is 17.8 Å². The summed E-state index contributed by atoms with van der Waals surface area (Å²) in [6, 6.07) is 2.03. The predicted molar refractivity (Wildman–Crippen MR) is 67.2 cm³/mol. The number of fused-ring (bicyclic) bond motifs is 1. The minimum absolute atomic E-state index is 0.321. The summed E-state index contributed by atoms with van der Waals surface area (Å²) in [5, 5.41) is 7.50. The highest BCUT2D eigenvalue weighted by molar-refractivity contribution is 5.58. The molecule has 0 atom stereocenters. The Morgan fingerprint density at radius 1 is 1.35 bits per heavy atom. The average molecular weight is 232 g/mol. The number of hydrogen-bond acceptors (Lipinski definition) is 5. The first-order valence-electron chi connectivity index (χ1n) is 5.82. The number of piperazine rings is 1. The lowest BCUT2D eigenvalue weighted by Gasteiger charge is -2.30. The molecule has 6 nitrogen and oxygen atoms in total.